The minimum Gasteiger partial charge on any atom is -0.392 e. The van der Waals surface area contributed by atoms with Gasteiger partial charge in [-0.15, -0.1) is 0 Å². The van der Waals surface area contributed by atoms with Gasteiger partial charge in [0.05, 0.1) is 6.10 Å². The Bertz CT molecular complexity index is 362. The number of para-hydroxylation sites is 1. The Balaban J connectivity index is 2.30. The van der Waals surface area contributed by atoms with Crippen molar-refractivity contribution >= 4 is 5.69 Å². The standard InChI is InChI=1S/C15H23NO/c1-16(2)14-10-7-6-8-12(14)13-9-4-3-5-11-15(13)17/h6-8,10,13,15,17H,3-5,9,11H2,1-2H3/t13-,15+/m0/s1. The molecule has 0 aromatic heterocycles. The van der Waals surface area contributed by atoms with Crippen LogP contribution in [0.5, 0.6) is 0 Å². The van der Waals surface area contributed by atoms with Gasteiger partial charge in [-0.2, -0.15) is 0 Å². The van der Waals surface area contributed by atoms with Gasteiger partial charge < -0.3 is 10.0 Å². The number of anilines is 1. The molecule has 2 nitrogen and oxygen atoms in total. The van der Waals surface area contributed by atoms with Crippen LogP contribution in [0.15, 0.2) is 24.3 Å². The summed E-state index contributed by atoms with van der Waals surface area (Å²) in [6.07, 6.45) is 5.57. The second-order valence-corrected chi connectivity index (χ2v) is 5.27. The van der Waals surface area contributed by atoms with Gasteiger partial charge in [0, 0.05) is 25.7 Å². The molecule has 0 unspecified atom stereocenters. The molecule has 17 heavy (non-hydrogen) atoms. The van der Waals surface area contributed by atoms with Crippen LogP contribution in [0.3, 0.4) is 0 Å². The third kappa shape index (κ3) is 2.81. The number of benzene rings is 1. The second-order valence-electron chi connectivity index (χ2n) is 5.27. The van der Waals surface area contributed by atoms with E-state index in [1.54, 1.807) is 0 Å². The van der Waals surface area contributed by atoms with Gasteiger partial charge >= 0.3 is 0 Å². The highest BCUT2D eigenvalue weighted by atomic mass is 16.3. The zero-order valence-corrected chi connectivity index (χ0v) is 10.9. The number of hydrogen-bond acceptors (Lipinski definition) is 2. The smallest absolute Gasteiger partial charge is 0.0609 e. The minimum absolute atomic E-state index is 0.168. The highest BCUT2D eigenvalue weighted by molar-refractivity contribution is 5.54. The van der Waals surface area contributed by atoms with Crippen LogP contribution in [0.1, 0.15) is 43.6 Å². The van der Waals surface area contributed by atoms with Crippen LogP contribution < -0.4 is 4.90 Å². The van der Waals surface area contributed by atoms with Crippen molar-refractivity contribution in [3.63, 3.8) is 0 Å². The Labute approximate surface area is 104 Å². The largest absolute Gasteiger partial charge is 0.392 e. The van der Waals surface area contributed by atoms with Gasteiger partial charge in [-0.25, -0.2) is 0 Å². The Kier molecular flexibility index (Phi) is 4.06. The molecule has 0 bridgehead atoms. The van der Waals surface area contributed by atoms with Gasteiger partial charge in [0.1, 0.15) is 0 Å². The monoisotopic (exact) mass is 233 g/mol. The number of rotatable bonds is 2. The molecular weight excluding hydrogens is 210 g/mol. The Hall–Kier alpha value is -1.02. The lowest BCUT2D eigenvalue weighted by Gasteiger charge is -2.26. The maximum absolute atomic E-state index is 10.3. The molecular formula is C15H23NO. The van der Waals surface area contributed by atoms with Gasteiger partial charge in [0.15, 0.2) is 0 Å². The van der Waals surface area contributed by atoms with Crippen molar-refractivity contribution in [2.45, 2.75) is 44.1 Å². The van der Waals surface area contributed by atoms with Gasteiger partial charge in [-0.3, -0.25) is 0 Å². The van der Waals surface area contributed by atoms with E-state index in [4.69, 9.17) is 0 Å². The predicted octanol–water partition coefficient (Wildman–Crippen LogP) is 3.16. The summed E-state index contributed by atoms with van der Waals surface area (Å²) < 4.78 is 0. The van der Waals surface area contributed by atoms with Crippen LogP contribution in [-0.2, 0) is 0 Å². The maximum atomic E-state index is 10.3. The first-order valence-electron chi connectivity index (χ1n) is 6.64. The van der Waals surface area contributed by atoms with E-state index in [0.717, 1.165) is 12.8 Å². The Morgan fingerprint density at radius 2 is 1.76 bits per heavy atom. The van der Waals surface area contributed by atoms with Gasteiger partial charge in [-0.1, -0.05) is 37.5 Å². The third-order valence-corrected chi connectivity index (χ3v) is 3.80. The summed E-state index contributed by atoms with van der Waals surface area (Å²) in [6, 6.07) is 8.48. The van der Waals surface area contributed by atoms with Crippen LogP contribution in [0, 0.1) is 0 Å². The summed E-state index contributed by atoms with van der Waals surface area (Å²) >= 11 is 0. The molecule has 2 heteroatoms. The van der Waals surface area contributed by atoms with Crippen molar-refractivity contribution in [3.8, 4) is 0 Å². The molecule has 0 aliphatic heterocycles. The zero-order chi connectivity index (χ0) is 12.3. The first-order valence-corrected chi connectivity index (χ1v) is 6.64. The van der Waals surface area contributed by atoms with Crippen LogP contribution in [0.4, 0.5) is 5.69 Å². The van der Waals surface area contributed by atoms with Gasteiger partial charge in [-0.05, 0) is 24.5 Å². The molecule has 0 radical (unpaired) electrons. The summed E-state index contributed by atoms with van der Waals surface area (Å²) in [5.41, 5.74) is 2.56. The van der Waals surface area contributed by atoms with E-state index in [0.29, 0.717) is 5.92 Å². The van der Waals surface area contributed by atoms with E-state index in [1.807, 2.05) is 0 Å². The van der Waals surface area contributed by atoms with Crippen LogP contribution in [-0.4, -0.2) is 25.3 Å². The lowest BCUT2D eigenvalue weighted by molar-refractivity contribution is 0.135. The molecule has 0 amide bonds. The molecule has 1 aromatic rings. The Morgan fingerprint density at radius 3 is 2.53 bits per heavy atom. The van der Waals surface area contributed by atoms with Crippen LogP contribution in [0.25, 0.3) is 0 Å². The van der Waals surface area contributed by atoms with Gasteiger partial charge in [0.2, 0.25) is 0 Å². The number of nitrogens with zero attached hydrogens (tertiary/aromatic N) is 1. The molecule has 1 saturated carbocycles. The molecule has 1 aliphatic rings. The number of aliphatic hydroxyl groups excluding tert-OH is 1. The number of aliphatic hydroxyl groups is 1. The second kappa shape index (κ2) is 5.54. The van der Waals surface area contributed by atoms with Crippen molar-refractivity contribution in [2.24, 2.45) is 0 Å². The molecule has 1 aliphatic carbocycles. The third-order valence-electron chi connectivity index (χ3n) is 3.80. The fraction of sp³-hybridized carbons (Fsp3) is 0.600. The van der Waals surface area contributed by atoms with Gasteiger partial charge in [0.25, 0.3) is 0 Å². The van der Waals surface area contributed by atoms with E-state index in [1.165, 1.54) is 30.5 Å². The maximum Gasteiger partial charge on any atom is 0.0609 e. The summed E-state index contributed by atoms with van der Waals surface area (Å²) in [4.78, 5) is 2.15. The lowest BCUT2D eigenvalue weighted by Crippen LogP contribution is -2.20. The molecule has 1 aromatic carbocycles. The summed E-state index contributed by atoms with van der Waals surface area (Å²) in [5.74, 6) is 0.316. The van der Waals surface area contributed by atoms with Crippen LogP contribution >= 0.6 is 0 Å². The average Bonchev–Trinajstić information content (AvgIpc) is 2.54. The summed E-state index contributed by atoms with van der Waals surface area (Å²) in [6.45, 7) is 0. The lowest BCUT2D eigenvalue weighted by atomic mass is 9.88. The van der Waals surface area contributed by atoms with Crippen molar-refractivity contribution in [1.82, 2.24) is 0 Å². The normalized spacial score (nSPS) is 25.4. The topological polar surface area (TPSA) is 23.5 Å². The first-order chi connectivity index (χ1) is 8.20. The van der Waals surface area contributed by atoms with Crippen molar-refractivity contribution in [1.29, 1.82) is 0 Å². The Morgan fingerprint density at radius 1 is 1.06 bits per heavy atom. The quantitative estimate of drug-likeness (QED) is 0.793. The molecule has 0 spiro atoms. The summed E-state index contributed by atoms with van der Waals surface area (Å²) in [5, 5.41) is 10.3. The minimum atomic E-state index is -0.168. The first kappa shape index (κ1) is 12.4. The van der Waals surface area contributed by atoms with E-state index < -0.39 is 0 Å². The molecule has 0 heterocycles. The van der Waals surface area contributed by atoms with E-state index in [9.17, 15) is 5.11 Å². The SMILES string of the molecule is CN(C)c1ccccc1[C@@H]1CCCCC[C@H]1O. The highest BCUT2D eigenvalue weighted by Crippen LogP contribution is 2.36. The van der Waals surface area contributed by atoms with Crippen molar-refractivity contribution in [2.75, 3.05) is 19.0 Å². The molecule has 2 rings (SSSR count). The van der Waals surface area contributed by atoms with E-state index in [-0.39, 0.29) is 6.10 Å². The molecule has 1 fully saturated rings. The number of hydrogen-bond donors (Lipinski definition) is 1. The predicted molar refractivity (Wildman–Crippen MR) is 72.6 cm³/mol. The summed E-state index contributed by atoms with van der Waals surface area (Å²) in [7, 11) is 4.14. The molecule has 94 valence electrons. The molecule has 1 N–H and O–H groups in total. The van der Waals surface area contributed by atoms with Crippen LogP contribution in [0.2, 0.25) is 0 Å². The van der Waals surface area contributed by atoms with E-state index >= 15 is 0 Å². The molecule has 2 atom stereocenters. The van der Waals surface area contributed by atoms with Crippen molar-refractivity contribution in [3.05, 3.63) is 29.8 Å². The fourth-order valence-electron chi connectivity index (χ4n) is 2.86. The molecule has 0 saturated heterocycles. The highest BCUT2D eigenvalue weighted by Gasteiger charge is 2.25. The van der Waals surface area contributed by atoms with E-state index in [2.05, 4.69) is 43.3 Å². The van der Waals surface area contributed by atoms with Crippen molar-refractivity contribution < 1.29 is 5.11 Å². The average molecular weight is 233 g/mol. The fourth-order valence-corrected chi connectivity index (χ4v) is 2.86. The zero-order valence-electron chi connectivity index (χ0n) is 10.9.